The van der Waals surface area contributed by atoms with Crippen LogP contribution in [0.15, 0.2) is 0 Å². The number of hydrogen-bond donors (Lipinski definition) is 0. The van der Waals surface area contributed by atoms with Crippen molar-refractivity contribution in [3.8, 4) is 0 Å². The molecular weight excluding hydrogens is 243 g/mol. The summed E-state index contributed by atoms with van der Waals surface area (Å²) in [7, 11) is -6.43. The Morgan fingerprint density at radius 2 is 1.27 bits per heavy atom. The second-order valence-electron chi connectivity index (χ2n) is 5.74. The van der Waals surface area contributed by atoms with Gasteiger partial charge in [-0.3, -0.25) is 4.57 Å². The van der Waals surface area contributed by atoms with E-state index in [1.165, 1.54) is 0 Å². The highest BCUT2D eigenvalue weighted by Gasteiger charge is 2.35. The van der Waals surface area contributed by atoms with Crippen molar-refractivity contribution in [1.82, 2.24) is 0 Å². The molecule has 0 aliphatic rings. The predicted molar refractivity (Wildman–Crippen MR) is 71.6 cm³/mol. The fourth-order valence-electron chi connectivity index (χ4n) is 1.22. The molecule has 0 rings (SSSR count). The van der Waals surface area contributed by atoms with Gasteiger partial charge in [0.1, 0.15) is 0 Å². The van der Waals surface area contributed by atoms with Crippen LogP contribution in [0.2, 0.25) is 39.3 Å². The van der Waals surface area contributed by atoms with E-state index in [4.69, 9.17) is 8.43 Å². The molecule has 0 aromatic carbocycles. The lowest BCUT2D eigenvalue weighted by molar-refractivity contribution is 0.382. The highest BCUT2D eigenvalue weighted by atomic mass is 31.2. The molecule has 0 radical (unpaired) electrons. The van der Waals surface area contributed by atoms with Crippen LogP contribution in [0.4, 0.5) is 0 Å². The number of rotatable bonds is 6. The van der Waals surface area contributed by atoms with Crippen molar-refractivity contribution in [2.45, 2.75) is 52.6 Å². The summed E-state index contributed by atoms with van der Waals surface area (Å²) in [6.07, 6.45) is 1.38. The first-order valence-electron chi connectivity index (χ1n) is 5.48. The second kappa shape index (κ2) is 5.28. The Kier molecular flexibility index (Phi) is 5.48. The van der Waals surface area contributed by atoms with E-state index in [1.807, 2.05) is 46.2 Å². The average molecular weight is 268 g/mol. The lowest BCUT2D eigenvalue weighted by atomic mass is 10.6. The lowest BCUT2D eigenvalue weighted by Gasteiger charge is -2.30. The molecule has 0 aromatic rings. The summed E-state index contributed by atoms with van der Waals surface area (Å²) in [4.78, 5) is 0. The molecule has 15 heavy (non-hydrogen) atoms. The van der Waals surface area contributed by atoms with E-state index in [2.05, 4.69) is 0 Å². The maximum atomic E-state index is 12.5. The molecule has 0 fully saturated rings. The van der Waals surface area contributed by atoms with Crippen molar-refractivity contribution in [2.75, 3.05) is 6.16 Å². The van der Waals surface area contributed by atoms with E-state index < -0.39 is 24.2 Å². The van der Waals surface area contributed by atoms with E-state index in [0.717, 1.165) is 6.42 Å². The first-order valence-corrected chi connectivity index (χ1v) is 14.0. The largest absolute Gasteiger partial charge is 0.352 e. The van der Waals surface area contributed by atoms with Gasteiger partial charge in [0.2, 0.25) is 0 Å². The van der Waals surface area contributed by atoms with Crippen molar-refractivity contribution in [3.63, 3.8) is 0 Å². The summed E-state index contributed by atoms with van der Waals surface area (Å²) in [6.45, 7) is 14.3. The maximum absolute atomic E-state index is 12.5. The molecular formula is C9H25O3PSi2. The van der Waals surface area contributed by atoms with Gasteiger partial charge in [0, 0.05) is 6.16 Å². The van der Waals surface area contributed by atoms with E-state index in [0.29, 0.717) is 6.16 Å². The van der Waals surface area contributed by atoms with Crippen LogP contribution >= 0.6 is 7.60 Å². The molecule has 0 N–H and O–H groups in total. The van der Waals surface area contributed by atoms with Gasteiger partial charge in [0.05, 0.1) is 0 Å². The van der Waals surface area contributed by atoms with Gasteiger partial charge < -0.3 is 8.43 Å². The minimum absolute atomic E-state index is 0.543. The molecule has 0 bridgehead atoms. The van der Waals surface area contributed by atoms with Crippen molar-refractivity contribution >= 4 is 24.2 Å². The van der Waals surface area contributed by atoms with Gasteiger partial charge in [-0.25, -0.2) is 0 Å². The Balaban J connectivity index is 4.68. The van der Waals surface area contributed by atoms with Crippen LogP contribution in [0.1, 0.15) is 13.3 Å². The first-order chi connectivity index (χ1) is 6.47. The molecule has 0 atom stereocenters. The lowest BCUT2D eigenvalue weighted by Crippen LogP contribution is -2.30. The Bertz CT molecular complexity index is 223. The van der Waals surface area contributed by atoms with Crippen LogP contribution < -0.4 is 0 Å². The van der Waals surface area contributed by atoms with Crippen molar-refractivity contribution in [3.05, 3.63) is 0 Å². The Hall–Kier alpha value is 0.584. The average Bonchev–Trinajstić information content (AvgIpc) is 1.74. The molecule has 0 heterocycles. The van der Waals surface area contributed by atoms with Gasteiger partial charge >= 0.3 is 7.60 Å². The fraction of sp³-hybridized carbons (Fsp3) is 1.00. The second-order valence-corrected chi connectivity index (χ2v) is 17.3. The Morgan fingerprint density at radius 1 is 0.933 bits per heavy atom. The van der Waals surface area contributed by atoms with Gasteiger partial charge in [-0.05, 0) is 45.7 Å². The first kappa shape index (κ1) is 15.6. The number of hydrogen-bond acceptors (Lipinski definition) is 3. The highest BCUT2D eigenvalue weighted by molar-refractivity contribution is 7.57. The SMILES string of the molecule is CCCP(=O)(O[Si](C)(C)C)O[Si](C)(C)C. The van der Waals surface area contributed by atoms with E-state index in [9.17, 15) is 4.57 Å². The Morgan fingerprint density at radius 3 is 1.47 bits per heavy atom. The highest BCUT2D eigenvalue weighted by Crippen LogP contribution is 2.53. The molecule has 0 saturated carbocycles. The normalized spacial score (nSPS) is 14.3. The van der Waals surface area contributed by atoms with Crippen LogP contribution in [-0.2, 0) is 13.0 Å². The zero-order valence-corrected chi connectivity index (χ0v) is 14.0. The molecule has 0 saturated heterocycles. The van der Waals surface area contributed by atoms with Gasteiger partial charge in [-0.15, -0.1) is 0 Å². The molecule has 0 unspecified atom stereocenters. The zero-order chi connectivity index (χ0) is 12.3. The summed E-state index contributed by atoms with van der Waals surface area (Å²) in [5, 5.41) is 0. The summed E-state index contributed by atoms with van der Waals surface area (Å²) in [5.41, 5.74) is 0. The molecule has 0 spiro atoms. The maximum Gasteiger partial charge on any atom is 0.311 e. The van der Waals surface area contributed by atoms with Crippen molar-refractivity contribution < 1.29 is 13.0 Å². The summed E-state index contributed by atoms with van der Waals surface area (Å²) in [6, 6.07) is 0. The van der Waals surface area contributed by atoms with Gasteiger partial charge in [-0.1, -0.05) is 6.92 Å². The molecule has 0 aliphatic heterocycles. The zero-order valence-electron chi connectivity index (χ0n) is 11.1. The van der Waals surface area contributed by atoms with Gasteiger partial charge in [-0.2, -0.15) is 0 Å². The molecule has 6 heteroatoms. The van der Waals surface area contributed by atoms with Crippen molar-refractivity contribution in [2.24, 2.45) is 0 Å². The van der Waals surface area contributed by atoms with E-state index in [-0.39, 0.29) is 0 Å². The Labute approximate surface area is 96.4 Å². The summed E-state index contributed by atoms with van der Waals surface area (Å²) >= 11 is 0. The molecule has 3 nitrogen and oxygen atoms in total. The fourth-order valence-corrected chi connectivity index (χ4v) is 9.66. The van der Waals surface area contributed by atoms with Crippen LogP contribution in [0.3, 0.4) is 0 Å². The molecule has 0 aliphatic carbocycles. The smallest absolute Gasteiger partial charge is 0.311 e. The predicted octanol–water partition coefficient (Wildman–Crippen LogP) is 4.29. The van der Waals surface area contributed by atoms with Crippen LogP contribution in [0.25, 0.3) is 0 Å². The van der Waals surface area contributed by atoms with E-state index >= 15 is 0 Å². The van der Waals surface area contributed by atoms with Crippen LogP contribution in [-0.4, -0.2) is 22.8 Å². The third-order valence-electron chi connectivity index (χ3n) is 1.32. The topological polar surface area (TPSA) is 35.5 Å². The molecule has 92 valence electrons. The van der Waals surface area contributed by atoms with Gasteiger partial charge in [0.25, 0.3) is 0 Å². The molecule has 0 amide bonds. The standard InChI is InChI=1S/C9H25O3PSi2/c1-8-9-13(10,11-14(2,3)4)12-15(5,6)7/h8-9H2,1-7H3. The van der Waals surface area contributed by atoms with E-state index in [1.54, 1.807) is 0 Å². The molecule has 0 aromatic heterocycles. The van der Waals surface area contributed by atoms with Crippen molar-refractivity contribution in [1.29, 1.82) is 0 Å². The third kappa shape index (κ3) is 8.40. The minimum atomic E-state index is -2.84. The third-order valence-corrected chi connectivity index (χ3v) is 8.93. The summed E-state index contributed by atoms with van der Waals surface area (Å²) < 4.78 is 24.0. The minimum Gasteiger partial charge on any atom is -0.352 e. The quantitative estimate of drug-likeness (QED) is 0.532. The van der Waals surface area contributed by atoms with Crippen LogP contribution in [0, 0.1) is 0 Å². The summed E-state index contributed by atoms with van der Waals surface area (Å²) in [5.74, 6) is 0. The van der Waals surface area contributed by atoms with Crippen LogP contribution in [0.5, 0.6) is 0 Å². The van der Waals surface area contributed by atoms with Gasteiger partial charge in [0.15, 0.2) is 16.6 Å². The monoisotopic (exact) mass is 268 g/mol.